The van der Waals surface area contributed by atoms with Gasteiger partial charge in [0.25, 0.3) is 0 Å². The van der Waals surface area contributed by atoms with Crippen molar-refractivity contribution in [3.05, 3.63) is 18.2 Å². The number of hydrogen-bond donors (Lipinski definition) is 2. The molecule has 1 aromatic carbocycles. The van der Waals surface area contributed by atoms with Crippen molar-refractivity contribution < 1.29 is 14.2 Å². The van der Waals surface area contributed by atoms with E-state index in [1.54, 1.807) is 14.2 Å². The average Bonchev–Trinajstić information content (AvgIpc) is 2.98. The fraction of sp³-hybridized carbons (Fsp3) is 0.500. The van der Waals surface area contributed by atoms with E-state index in [9.17, 15) is 0 Å². The topological polar surface area (TPSA) is 78.1 Å². The second kappa shape index (κ2) is 7.00. The van der Waals surface area contributed by atoms with Gasteiger partial charge in [0.1, 0.15) is 0 Å². The van der Waals surface area contributed by atoms with Crippen molar-refractivity contribution in [2.24, 2.45) is 10.7 Å². The molecule has 0 aromatic heterocycles. The van der Waals surface area contributed by atoms with Crippen LogP contribution in [-0.2, 0) is 4.74 Å². The average molecular weight is 279 g/mol. The molecule has 0 saturated carbocycles. The van der Waals surface area contributed by atoms with E-state index in [1.807, 2.05) is 18.2 Å². The minimum absolute atomic E-state index is 0.195. The quantitative estimate of drug-likeness (QED) is 0.632. The summed E-state index contributed by atoms with van der Waals surface area (Å²) in [7, 11) is 3.19. The maximum Gasteiger partial charge on any atom is 0.193 e. The zero-order chi connectivity index (χ0) is 14.4. The maximum absolute atomic E-state index is 5.86. The molecule has 1 unspecified atom stereocenters. The Hall–Kier alpha value is -1.95. The van der Waals surface area contributed by atoms with Gasteiger partial charge in [-0.05, 0) is 25.0 Å². The van der Waals surface area contributed by atoms with Crippen molar-refractivity contribution in [1.29, 1.82) is 0 Å². The lowest BCUT2D eigenvalue weighted by molar-refractivity contribution is 0.118. The first-order valence-corrected chi connectivity index (χ1v) is 6.63. The van der Waals surface area contributed by atoms with E-state index in [1.165, 1.54) is 0 Å². The summed E-state index contributed by atoms with van der Waals surface area (Å²) in [6.07, 6.45) is 2.34. The first kappa shape index (κ1) is 14.5. The Bertz CT molecular complexity index is 471. The molecule has 0 spiro atoms. The van der Waals surface area contributed by atoms with E-state index in [-0.39, 0.29) is 6.10 Å². The highest BCUT2D eigenvalue weighted by Gasteiger charge is 2.14. The molecule has 1 atom stereocenters. The lowest BCUT2D eigenvalue weighted by atomic mass is 10.2. The molecule has 0 bridgehead atoms. The van der Waals surface area contributed by atoms with Crippen LogP contribution in [0.15, 0.2) is 23.2 Å². The lowest BCUT2D eigenvalue weighted by Crippen LogP contribution is -2.24. The number of nitrogens with one attached hydrogen (secondary N) is 1. The summed E-state index contributed by atoms with van der Waals surface area (Å²) in [4.78, 5) is 4.29. The summed E-state index contributed by atoms with van der Waals surface area (Å²) < 4.78 is 15.9. The van der Waals surface area contributed by atoms with Crippen LogP contribution in [0.3, 0.4) is 0 Å². The molecule has 1 aromatic rings. The summed E-state index contributed by atoms with van der Waals surface area (Å²) in [5.74, 6) is 1.69. The standard InChI is InChI=1S/C14H21N3O3/c1-18-12-6-5-10(8-13(12)19-2)17-14(15)16-9-11-4-3-7-20-11/h5-6,8,11H,3-4,7,9H2,1-2H3,(H3,15,16,17). The molecular formula is C14H21N3O3. The van der Waals surface area contributed by atoms with Crippen LogP contribution in [0.2, 0.25) is 0 Å². The number of rotatable bonds is 5. The van der Waals surface area contributed by atoms with Gasteiger partial charge in [0.2, 0.25) is 0 Å². The van der Waals surface area contributed by atoms with Crippen molar-refractivity contribution in [2.75, 3.05) is 32.7 Å². The Balaban J connectivity index is 1.96. The molecule has 20 heavy (non-hydrogen) atoms. The highest BCUT2D eigenvalue weighted by atomic mass is 16.5. The normalized spacial score (nSPS) is 18.9. The Kier molecular flexibility index (Phi) is 5.06. The van der Waals surface area contributed by atoms with Crippen LogP contribution in [0.5, 0.6) is 11.5 Å². The fourth-order valence-corrected chi connectivity index (χ4v) is 2.09. The zero-order valence-electron chi connectivity index (χ0n) is 11.9. The highest BCUT2D eigenvalue weighted by Crippen LogP contribution is 2.29. The number of benzene rings is 1. The molecule has 0 aliphatic carbocycles. The van der Waals surface area contributed by atoms with Crippen LogP contribution in [0, 0.1) is 0 Å². The van der Waals surface area contributed by atoms with E-state index in [4.69, 9.17) is 19.9 Å². The summed E-state index contributed by atoms with van der Waals surface area (Å²) >= 11 is 0. The van der Waals surface area contributed by atoms with E-state index in [0.717, 1.165) is 25.1 Å². The third-order valence-corrected chi connectivity index (χ3v) is 3.15. The van der Waals surface area contributed by atoms with Gasteiger partial charge in [-0.3, -0.25) is 4.99 Å². The van der Waals surface area contributed by atoms with Crippen molar-refractivity contribution in [2.45, 2.75) is 18.9 Å². The van der Waals surface area contributed by atoms with Gasteiger partial charge in [-0.2, -0.15) is 0 Å². The van der Waals surface area contributed by atoms with Crippen LogP contribution >= 0.6 is 0 Å². The SMILES string of the molecule is COc1ccc(NC(N)=NCC2CCCO2)cc1OC. The van der Waals surface area contributed by atoms with Gasteiger partial charge in [0.05, 0.1) is 26.9 Å². The zero-order valence-corrected chi connectivity index (χ0v) is 11.9. The second-order valence-corrected chi connectivity index (χ2v) is 4.56. The molecule has 0 radical (unpaired) electrons. The molecule has 1 aliphatic heterocycles. The van der Waals surface area contributed by atoms with Gasteiger partial charge in [-0.15, -0.1) is 0 Å². The van der Waals surface area contributed by atoms with Gasteiger partial charge in [0.15, 0.2) is 17.5 Å². The van der Waals surface area contributed by atoms with E-state index in [2.05, 4.69) is 10.3 Å². The smallest absolute Gasteiger partial charge is 0.193 e. The van der Waals surface area contributed by atoms with Gasteiger partial charge >= 0.3 is 0 Å². The molecule has 1 fully saturated rings. The van der Waals surface area contributed by atoms with E-state index in [0.29, 0.717) is 24.0 Å². The summed E-state index contributed by atoms with van der Waals surface area (Å²) in [6.45, 7) is 1.41. The van der Waals surface area contributed by atoms with Crippen LogP contribution in [0.25, 0.3) is 0 Å². The minimum Gasteiger partial charge on any atom is -0.493 e. The molecule has 3 N–H and O–H groups in total. The number of aliphatic imine (C=N–C) groups is 1. The third-order valence-electron chi connectivity index (χ3n) is 3.15. The Morgan fingerprint density at radius 2 is 2.20 bits per heavy atom. The number of anilines is 1. The number of nitrogens with zero attached hydrogens (tertiary/aromatic N) is 1. The minimum atomic E-state index is 0.195. The van der Waals surface area contributed by atoms with Gasteiger partial charge < -0.3 is 25.3 Å². The summed E-state index contributed by atoms with van der Waals surface area (Å²) in [6, 6.07) is 5.48. The van der Waals surface area contributed by atoms with Crippen LogP contribution < -0.4 is 20.5 Å². The van der Waals surface area contributed by atoms with Gasteiger partial charge in [-0.1, -0.05) is 0 Å². The van der Waals surface area contributed by atoms with Crippen molar-refractivity contribution >= 4 is 11.6 Å². The summed E-state index contributed by atoms with van der Waals surface area (Å²) in [5, 5.41) is 3.03. The monoisotopic (exact) mass is 279 g/mol. The van der Waals surface area contributed by atoms with Gasteiger partial charge in [-0.25, -0.2) is 0 Å². The van der Waals surface area contributed by atoms with E-state index < -0.39 is 0 Å². The van der Waals surface area contributed by atoms with Crippen molar-refractivity contribution in [3.63, 3.8) is 0 Å². The number of methoxy groups -OCH3 is 2. The molecule has 2 rings (SSSR count). The highest BCUT2D eigenvalue weighted by molar-refractivity contribution is 5.92. The maximum atomic E-state index is 5.86. The largest absolute Gasteiger partial charge is 0.493 e. The number of ether oxygens (including phenoxy) is 3. The summed E-state index contributed by atoms with van der Waals surface area (Å²) in [5.41, 5.74) is 6.66. The third kappa shape index (κ3) is 3.77. The van der Waals surface area contributed by atoms with Crippen LogP contribution in [0.1, 0.15) is 12.8 Å². The predicted octanol–water partition coefficient (Wildman–Crippen LogP) is 1.61. The molecule has 6 nitrogen and oxygen atoms in total. The molecule has 6 heteroatoms. The van der Waals surface area contributed by atoms with Crippen LogP contribution in [-0.4, -0.2) is 39.4 Å². The lowest BCUT2D eigenvalue weighted by Gasteiger charge is -2.11. The molecule has 1 saturated heterocycles. The van der Waals surface area contributed by atoms with Crippen LogP contribution in [0.4, 0.5) is 5.69 Å². The predicted molar refractivity (Wildman–Crippen MR) is 78.6 cm³/mol. The Morgan fingerprint density at radius 1 is 1.40 bits per heavy atom. The van der Waals surface area contributed by atoms with Gasteiger partial charge in [0, 0.05) is 18.4 Å². The Morgan fingerprint density at radius 3 is 2.85 bits per heavy atom. The first-order chi connectivity index (χ1) is 9.72. The number of guanidine groups is 1. The molecule has 1 heterocycles. The second-order valence-electron chi connectivity index (χ2n) is 4.56. The van der Waals surface area contributed by atoms with Crippen molar-refractivity contribution in [3.8, 4) is 11.5 Å². The Labute approximate surface area is 118 Å². The van der Waals surface area contributed by atoms with E-state index >= 15 is 0 Å². The molecule has 110 valence electrons. The number of hydrogen-bond acceptors (Lipinski definition) is 4. The molecule has 1 aliphatic rings. The number of nitrogens with two attached hydrogens (primary N) is 1. The van der Waals surface area contributed by atoms with Crippen molar-refractivity contribution in [1.82, 2.24) is 0 Å². The fourth-order valence-electron chi connectivity index (χ4n) is 2.09. The molecular weight excluding hydrogens is 258 g/mol. The first-order valence-electron chi connectivity index (χ1n) is 6.63. The molecule has 0 amide bonds.